The number of nitrogens with zero attached hydrogens (tertiary/aromatic N) is 1. The highest BCUT2D eigenvalue weighted by Gasteiger charge is 2.37. The van der Waals surface area contributed by atoms with Gasteiger partial charge in [-0.2, -0.15) is 0 Å². The maximum absolute atomic E-state index is 12.9. The quantitative estimate of drug-likeness (QED) is 0.812. The number of rotatable bonds is 3. The predicted molar refractivity (Wildman–Crippen MR) is 58.3 cm³/mol. The Morgan fingerprint density at radius 1 is 1.69 bits per heavy atom. The highest BCUT2D eigenvalue weighted by molar-refractivity contribution is 5.98. The van der Waals surface area contributed by atoms with Gasteiger partial charge in [0.05, 0.1) is 11.8 Å². The summed E-state index contributed by atoms with van der Waals surface area (Å²) in [6.07, 6.45) is 3.22. The lowest BCUT2D eigenvalue weighted by Crippen LogP contribution is -2.29. The third-order valence-electron chi connectivity index (χ3n) is 2.91. The summed E-state index contributed by atoms with van der Waals surface area (Å²) in [6.45, 7) is 2.70. The zero-order chi connectivity index (χ0) is 11.8. The molecule has 1 amide bonds. The molecule has 16 heavy (non-hydrogen) atoms. The number of carbonyl (C=O) groups is 1. The van der Waals surface area contributed by atoms with E-state index in [0.717, 1.165) is 25.1 Å². The van der Waals surface area contributed by atoms with Gasteiger partial charge in [-0.05, 0) is 24.3 Å². The maximum Gasteiger partial charge on any atom is 0.255 e. The van der Waals surface area contributed by atoms with Gasteiger partial charge in [-0.1, -0.05) is 6.92 Å². The van der Waals surface area contributed by atoms with E-state index in [2.05, 4.69) is 17.2 Å². The summed E-state index contributed by atoms with van der Waals surface area (Å²) in [7, 11) is 0. The van der Waals surface area contributed by atoms with Gasteiger partial charge in [0, 0.05) is 6.54 Å². The van der Waals surface area contributed by atoms with Gasteiger partial charge < -0.3 is 11.1 Å². The normalized spacial score (nSPS) is 16.9. The summed E-state index contributed by atoms with van der Waals surface area (Å²) in [5.74, 6) is -0.866. The highest BCUT2D eigenvalue weighted by atomic mass is 19.1. The highest BCUT2D eigenvalue weighted by Crippen LogP contribution is 2.44. The van der Waals surface area contributed by atoms with Gasteiger partial charge in [-0.3, -0.25) is 4.79 Å². The molecule has 1 saturated carbocycles. The number of anilines is 1. The van der Waals surface area contributed by atoms with Crippen molar-refractivity contribution >= 4 is 11.7 Å². The Bertz CT molecular complexity index is 429. The molecule has 0 atom stereocenters. The molecule has 0 unspecified atom stereocenters. The molecule has 0 radical (unpaired) electrons. The second-order valence-corrected chi connectivity index (χ2v) is 4.58. The van der Waals surface area contributed by atoms with Gasteiger partial charge in [0.2, 0.25) is 0 Å². The van der Waals surface area contributed by atoms with Crippen LogP contribution in [-0.2, 0) is 0 Å². The fraction of sp³-hybridized carbons (Fsp3) is 0.455. The zero-order valence-electron chi connectivity index (χ0n) is 9.09. The van der Waals surface area contributed by atoms with Gasteiger partial charge >= 0.3 is 0 Å². The van der Waals surface area contributed by atoms with Crippen LogP contribution >= 0.6 is 0 Å². The van der Waals surface area contributed by atoms with E-state index in [1.165, 1.54) is 0 Å². The van der Waals surface area contributed by atoms with Gasteiger partial charge in [0.25, 0.3) is 5.91 Å². The van der Waals surface area contributed by atoms with Crippen LogP contribution in [-0.4, -0.2) is 17.4 Å². The van der Waals surface area contributed by atoms with E-state index >= 15 is 0 Å². The minimum atomic E-state index is -0.558. The van der Waals surface area contributed by atoms with E-state index in [4.69, 9.17) is 5.73 Å². The van der Waals surface area contributed by atoms with Gasteiger partial charge in [0.1, 0.15) is 11.6 Å². The Kier molecular flexibility index (Phi) is 2.53. The van der Waals surface area contributed by atoms with E-state index in [1.54, 1.807) is 0 Å². The second kappa shape index (κ2) is 3.73. The molecule has 1 aliphatic carbocycles. The molecule has 4 nitrogen and oxygen atoms in total. The molecular weight excluding hydrogens is 209 g/mol. The van der Waals surface area contributed by atoms with E-state index in [-0.39, 0.29) is 22.7 Å². The third-order valence-corrected chi connectivity index (χ3v) is 2.91. The van der Waals surface area contributed by atoms with Gasteiger partial charge in [-0.25, -0.2) is 9.37 Å². The summed E-state index contributed by atoms with van der Waals surface area (Å²) in [6, 6.07) is 1.10. The molecule has 1 heterocycles. The van der Waals surface area contributed by atoms with E-state index in [9.17, 15) is 9.18 Å². The fourth-order valence-electron chi connectivity index (χ4n) is 1.41. The summed E-state index contributed by atoms with van der Waals surface area (Å²) in [4.78, 5) is 15.3. The van der Waals surface area contributed by atoms with Crippen molar-refractivity contribution in [2.75, 3.05) is 12.3 Å². The Labute approximate surface area is 93.1 Å². The molecule has 0 aromatic carbocycles. The monoisotopic (exact) mass is 223 g/mol. The minimum absolute atomic E-state index is 0.0554. The van der Waals surface area contributed by atoms with Gasteiger partial charge in [0.15, 0.2) is 0 Å². The molecule has 0 aliphatic heterocycles. The molecule has 0 saturated heterocycles. The summed E-state index contributed by atoms with van der Waals surface area (Å²) < 4.78 is 12.9. The largest absolute Gasteiger partial charge is 0.383 e. The number of nitrogens with one attached hydrogen (secondary N) is 1. The van der Waals surface area contributed by atoms with Crippen LogP contribution in [0.3, 0.4) is 0 Å². The Hall–Kier alpha value is -1.65. The van der Waals surface area contributed by atoms with Crippen LogP contribution in [0.5, 0.6) is 0 Å². The smallest absolute Gasteiger partial charge is 0.255 e. The lowest BCUT2D eigenvalue weighted by Gasteiger charge is -2.10. The number of halogens is 1. The van der Waals surface area contributed by atoms with Crippen molar-refractivity contribution in [1.29, 1.82) is 0 Å². The summed E-state index contributed by atoms with van der Waals surface area (Å²) in [5, 5.41) is 2.74. The molecule has 86 valence electrons. The number of hydrogen-bond donors (Lipinski definition) is 2. The van der Waals surface area contributed by atoms with E-state index < -0.39 is 5.82 Å². The number of hydrogen-bond acceptors (Lipinski definition) is 3. The van der Waals surface area contributed by atoms with Crippen LogP contribution in [0.1, 0.15) is 30.1 Å². The Morgan fingerprint density at radius 2 is 2.38 bits per heavy atom. The van der Waals surface area contributed by atoms with Crippen molar-refractivity contribution in [2.24, 2.45) is 5.41 Å². The van der Waals surface area contributed by atoms with Crippen molar-refractivity contribution in [3.8, 4) is 0 Å². The molecule has 3 N–H and O–H groups in total. The van der Waals surface area contributed by atoms with Crippen molar-refractivity contribution in [1.82, 2.24) is 10.3 Å². The van der Waals surface area contributed by atoms with Crippen LogP contribution < -0.4 is 11.1 Å². The zero-order valence-corrected chi connectivity index (χ0v) is 9.09. The van der Waals surface area contributed by atoms with Crippen molar-refractivity contribution < 1.29 is 9.18 Å². The predicted octanol–water partition coefficient (Wildman–Crippen LogP) is 1.33. The molecule has 0 spiro atoms. The lowest BCUT2D eigenvalue weighted by molar-refractivity contribution is 0.0946. The van der Waals surface area contributed by atoms with E-state index in [1.807, 2.05) is 0 Å². The standard InChI is InChI=1S/C11H14FN3O/c1-11(2-3-11)6-15-10(16)8-4-7(12)5-14-9(8)13/h4-5H,2-3,6H2,1H3,(H2,13,14)(H,15,16). The van der Waals surface area contributed by atoms with Crippen molar-refractivity contribution in [3.05, 3.63) is 23.6 Å². The molecule has 1 aliphatic rings. The first-order valence-electron chi connectivity index (χ1n) is 5.19. The first-order chi connectivity index (χ1) is 7.50. The summed E-state index contributed by atoms with van der Waals surface area (Å²) in [5.41, 5.74) is 5.82. The average molecular weight is 223 g/mol. The molecular formula is C11H14FN3O. The molecule has 5 heteroatoms. The number of nitrogens with two attached hydrogens (primary N) is 1. The summed E-state index contributed by atoms with van der Waals surface area (Å²) >= 11 is 0. The molecule has 1 aromatic heterocycles. The fourth-order valence-corrected chi connectivity index (χ4v) is 1.41. The Balaban J connectivity index is 2.05. The van der Waals surface area contributed by atoms with Crippen LogP contribution in [0.25, 0.3) is 0 Å². The number of pyridine rings is 1. The first-order valence-corrected chi connectivity index (χ1v) is 5.19. The number of carbonyl (C=O) groups excluding carboxylic acids is 1. The number of nitrogen functional groups attached to an aromatic ring is 1. The minimum Gasteiger partial charge on any atom is -0.383 e. The molecule has 0 bridgehead atoms. The SMILES string of the molecule is CC1(CNC(=O)c2cc(F)cnc2N)CC1. The molecule has 1 aromatic rings. The topological polar surface area (TPSA) is 68.0 Å². The van der Waals surface area contributed by atoms with Crippen LogP contribution in [0.4, 0.5) is 10.2 Å². The first kappa shape index (κ1) is 10.9. The third kappa shape index (κ3) is 2.29. The maximum atomic E-state index is 12.9. The lowest BCUT2D eigenvalue weighted by atomic mass is 10.1. The number of aromatic nitrogens is 1. The van der Waals surface area contributed by atoms with E-state index in [0.29, 0.717) is 6.54 Å². The van der Waals surface area contributed by atoms with Crippen molar-refractivity contribution in [3.63, 3.8) is 0 Å². The Morgan fingerprint density at radius 3 is 3.00 bits per heavy atom. The molecule has 1 fully saturated rings. The average Bonchev–Trinajstić information content (AvgIpc) is 2.97. The van der Waals surface area contributed by atoms with Crippen molar-refractivity contribution in [2.45, 2.75) is 19.8 Å². The molecule has 2 rings (SSSR count). The second-order valence-electron chi connectivity index (χ2n) is 4.58. The number of amides is 1. The van der Waals surface area contributed by atoms with Crippen LogP contribution in [0.15, 0.2) is 12.3 Å². The van der Waals surface area contributed by atoms with Gasteiger partial charge in [-0.15, -0.1) is 0 Å². The van der Waals surface area contributed by atoms with Crippen LogP contribution in [0.2, 0.25) is 0 Å². The van der Waals surface area contributed by atoms with Crippen LogP contribution in [0, 0.1) is 11.2 Å².